The molecule has 3 aromatic rings. The van der Waals surface area contributed by atoms with Crippen LogP contribution < -0.4 is 26.0 Å². The SMILES string of the molecule is CNCCn1nnc2c1ccc[n+]2CC1=C(C(=O)[O-])N2C(=O)[C@@H](NC(=O)/C(=N\O[C@@H](C)C(=O)O)c3nc(N)sc3Cl)[C@H]2SC1. The number of carboxylic acid groups (broad SMARTS) is 2. The molecule has 20 heteroatoms. The van der Waals surface area contributed by atoms with E-state index >= 15 is 0 Å². The maximum Gasteiger partial charge on any atom is 0.378 e. The van der Waals surface area contributed by atoms with Gasteiger partial charge in [-0.05, 0) is 26.1 Å². The van der Waals surface area contributed by atoms with E-state index < -0.39 is 47.0 Å². The number of hydrogen-bond donors (Lipinski definition) is 4. The number of carbonyl (C=O) groups is 4. The van der Waals surface area contributed by atoms with E-state index in [1.165, 1.54) is 18.7 Å². The number of amides is 2. The Hall–Kier alpha value is -4.33. The molecular weight excluding hydrogens is 640 g/mol. The number of nitrogens with two attached hydrogens (primary N) is 1. The third kappa shape index (κ3) is 5.90. The first-order valence-corrected chi connectivity index (χ1v) is 15.2. The van der Waals surface area contributed by atoms with Crippen molar-refractivity contribution < 1.29 is 38.8 Å². The minimum Gasteiger partial charge on any atom is -0.543 e. The van der Waals surface area contributed by atoms with Crippen molar-refractivity contribution in [2.75, 3.05) is 25.1 Å². The van der Waals surface area contributed by atoms with E-state index in [1.54, 1.807) is 21.5 Å². The molecule has 0 bridgehead atoms. The van der Waals surface area contributed by atoms with E-state index in [9.17, 15) is 24.3 Å². The van der Waals surface area contributed by atoms with E-state index in [4.69, 9.17) is 27.3 Å². The van der Waals surface area contributed by atoms with Crippen LogP contribution in [0.2, 0.25) is 4.34 Å². The van der Waals surface area contributed by atoms with Gasteiger partial charge in [-0.15, -0.1) is 11.8 Å². The molecule has 0 aliphatic carbocycles. The second kappa shape index (κ2) is 12.7. The maximum atomic E-state index is 13.3. The summed E-state index contributed by atoms with van der Waals surface area (Å²) in [5, 5.41) is 38.3. The van der Waals surface area contributed by atoms with Crippen molar-refractivity contribution in [3.63, 3.8) is 0 Å². The Morgan fingerprint density at radius 3 is 2.84 bits per heavy atom. The molecule has 5 rings (SSSR count). The lowest BCUT2D eigenvalue weighted by atomic mass is 10.0. The quantitative estimate of drug-likeness (QED) is 0.0706. The number of likely N-dealkylation sites (N-methyl/N-ethyl adjacent to an activating group) is 1. The maximum absolute atomic E-state index is 13.3. The highest BCUT2D eigenvalue weighted by Crippen LogP contribution is 2.40. The van der Waals surface area contributed by atoms with Crippen LogP contribution in [-0.4, -0.2) is 96.3 Å². The number of nitrogens with zero attached hydrogens (tertiary/aromatic N) is 7. The molecule has 17 nitrogen and oxygen atoms in total. The monoisotopic (exact) mass is 664 g/mol. The Kier molecular flexibility index (Phi) is 9.00. The third-order valence-corrected chi connectivity index (χ3v) is 9.12. The van der Waals surface area contributed by atoms with E-state index in [-0.39, 0.29) is 33.2 Å². The number of hydrogen-bond acceptors (Lipinski definition) is 14. The normalized spacial score (nSPS) is 19.0. The van der Waals surface area contributed by atoms with Crippen LogP contribution in [0.15, 0.2) is 34.8 Å². The van der Waals surface area contributed by atoms with Crippen LogP contribution in [0, 0.1) is 0 Å². The Morgan fingerprint density at radius 2 is 2.18 bits per heavy atom. The van der Waals surface area contributed by atoms with Crippen LogP contribution >= 0.6 is 34.7 Å². The van der Waals surface area contributed by atoms with E-state index in [2.05, 4.69) is 31.1 Å². The largest absolute Gasteiger partial charge is 0.543 e. The molecule has 0 spiro atoms. The fourth-order valence-electron chi connectivity index (χ4n) is 4.54. The molecule has 44 heavy (non-hydrogen) atoms. The predicted octanol–water partition coefficient (Wildman–Crippen LogP) is -2.07. The number of halogens is 1. The fraction of sp³-hybridized carbons (Fsp3) is 0.375. The zero-order valence-corrected chi connectivity index (χ0v) is 25.5. The van der Waals surface area contributed by atoms with Gasteiger partial charge in [0.2, 0.25) is 6.10 Å². The highest BCUT2D eigenvalue weighted by atomic mass is 35.5. The van der Waals surface area contributed by atoms with Crippen molar-refractivity contribution in [3.8, 4) is 0 Å². The van der Waals surface area contributed by atoms with Crippen LogP contribution in [0.4, 0.5) is 5.13 Å². The van der Waals surface area contributed by atoms with Gasteiger partial charge in [0.15, 0.2) is 16.4 Å². The predicted molar refractivity (Wildman–Crippen MR) is 155 cm³/mol. The lowest BCUT2D eigenvalue weighted by Gasteiger charge is -2.50. The van der Waals surface area contributed by atoms with Crippen molar-refractivity contribution in [1.29, 1.82) is 0 Å². The zero-order chi connectivity index (χ0) is 31.7. The van der Waals surface area contributed by atoms with E-state index in [0.29, 0.717) is 24.3 Å². The molecule has 1 fully saturated rings. The molecule has 5 heterocycles. The van der Waals surface area contributed by atoms with Crippen LogP contribution in [-0.2, 0) is 37.1 Å². The molecule has 2 aliphatic rings. The number of anilines is 1. The summed E-state index contributed by atoms with van der Waals surface area (Å²) < 4.78 is 3.45. The highest BCUT2D eigenvalue weighted by molar-refractivity contribution is 8.00. The van der Waals surface area contributed by atoms with Gasteiger partial charge >= 0.3 is 11.6 Å². The molecule has 0 saturated carbocycles. The third-order valence-electron chi connectivity index (χ3n) is 6.70. The summed E-state index contributed by atoms with van der Waals surface area (Å²) in [5.41, 5.74) is 6.42. The number of carboxylic acids is 2. The molecule has 2 amide bonds. The van der Waals surface area contributed by atoms with Crippen molar-refractivity contribution >= 4 is 80.5 Å². The average Bonchev–Trinajstić information content (AvgIpc) is 3.56. The van der Waals surface area contributed by atoms with Gasteiger partial charge in [0.1, 0.15) is 33.1 Å². The molecule has 5 N–H and O–H groups in total. The first kappa shape index (κ1) is 31.1. The molecule has 232 valence electrons. The number of pyridine rings is 1. The number of carbonyl (C=O) groups excluding carboxylic acids is 3. The van der Waals surface area contributed by atoms with Gasteiger partial charge in [0.05, 0.1) is 29.6 Å². The van der Waals surface area contributed by atoms with Gasteiger partial charge in [0, 0.05) is 17.9 Å². The molecule has 1 saturated heterocycles. The van der Waals surface area contributed by atoms with E-state index in [1.807, 2.05) is 13.1 Å². The molecule has 3 atom stereocenters. The number of thiazole rings is 1. The molecule has 2 aliphatic heterocycles. The number of nitrogens with one attached hydrogen (secondary N) is 2. The molecular formula is C24H25ClN10O7S2. The molecule has 0 aromatic carbocycles. The first-order chi connectivity index (χ1) is 21.0. The number of thioether (sulfide) groups is 1. The number of nitrogen functional groups attached to an aromatic ring is 1. The van der Waals surface area contributed by atoms with Crippen molar-refractivity contribution in [3.05, 3.63) is 39.6 Å². The zero-order valence-electron chi connectivity index (χ0n) is 23.1. The average molecular weight is 665 g/mol. The number of β-lactam (4-membered cyclic amide) rings is 1. The second-order valence-electron chi connectivity index (χ2n) is 9.56. The summed E-state index contributed by atoms with van der Waals surface area (Å²) in [7, 11) is 1.82. The van der Waals surface area contributed by atoms with Crippen LogP contribution in [0.5, 0.6) is 0 Å². The summed E-state index contributed by atoms with van der Waals surface area (Å²) in [4.78, 5) is 60.0. The van der Waals surface area contributed by atoms with Crippen LogP contribution in [0.3, 0.4) is 0 Å². The Bertz CT molecular complexity index is 1720. The number of aliphatic carboxylic acids is 2. The minimum absolute atomic E-state index is 0.0101. The van der Waals surface area contributed by atoms with Gasteiger partial charge in [-0.2, -0.15) is 0 Å². The highest BCUT2D eigenvalue weighted by Gasteiger charge is 2.53. The lowest BCUT2D eigenvalue weighted by molar-refractivity contribution is -0.665. The minimum atomic E-state index is -1.54. The van der Waals surface area contributed by atoms with Gasteiger partial charge < -0.3 is 36.2 Å². The van der Waals surface area contributed by atoms with Crippen molar-refractivity contribution in [2.24, 2.45) is 5.16 Å². The summed E-state index contributed by atoms with van der Waals surface area (Å²) >= 11 is 8.25. The second-order valence-corrected chi connectivity index (χ2v) is 12.3. The smallest absolute Gasteiger partial charge is 0.378 e. The Morgan fingerprint density at radius 1 is 1.41 bits per heavy atom. The summed E-state index contributed by atoms with van der Waals surface area (Å²) in [6.45, 7) is 2.55. The standard InChI is InChI=1S/C24H25ClN10O7S2/c1-10(22(38)39)42-31-14(13-17(25)44-24(26)29-13)19(36)28-15-20(37)35-16(23(40)41)11(9-43-21(15)35)8-33-6-3-4-12-18(33)30-32-34(12)7-5-27-2/h3-4,6,10,15,21,27H,5,7-9H2,1-2H3,(H4-,26,28,29,36,38,39,40,41)/b31-14-/t10-,15+,21+/m0/s1. The van der Waals surface area contributed by atoms with Crippen molar-refractivity contribution in [2.45, 2.75) is 37.5 Å². The first-order valence-electron chi connectivity index (χ1n) is 13.0. The number of oxime groups is 1. The van der Waals surface area contributed by atoms with Crippen LogP contribution in [0.1, 0.15) is 12.6 Å². The summed E-state index contributed by atoms with van der Waals surface area (Å²) in [6.07, 6.45) is 0.319. The molecule has 0 radical (unpaired) electrons. The van der Waals surface area contributed by atoms with Gasteiger partial charge in [-0.1, -0.05) is 28.1 Å². The number of fused-ring (bicyclic) bond motifs is 2. The van der Waals surface area contributed by atoms with Gasteiger partial charge in [-0.25, -0.2) is 19.0 Å². The van der Waals surface area contributed by atoms with Gasteiger partial charge in [-0.3, -0.25) is 14.5 Å². The van der Waals surface area contributed by atoms with E-state index in [0.717, 1.165) is 21.8 Å². The Labute approximate surface area is 261 Å². The van der Waals surface area contributed by atoms with Crippen molar-refractivity contribution in [1.82, 2.24) is 35.5 Å². The summed E-state index contributed by atoms with van der Waals surface area (Å²) in [6, 6.07) is 2.50. The Balaban J connectivity index is 1.38. The van der Waals surface area contributed by atoms with Crippen LogP contribution in [0.25, 0.3) is 11.2 Å². The summed E-state index contributed by atoms with van der Waals surface area (Å²) in [5.74, 6) is -4.34. The van der Waals surface area contributed by atoms with Gasteiger partial charge in [0.25, 0.3) is 11.8 Å². The number of aromatic nitrogens is 5. The molecule has 0 unspecified atom stereocenters. The topological polar surface area (TPSA) is 234 Å². The lowest BCUT2D eigenvalue weighted by Crippen LogP contribution is -2.71. The fourth-order valence-corrected chi connectivity index (χ4v) is 6.80. The molecule has 3 aromatic heterocycles. The number of rotatable bonds is 12.